The summed E-state index contributed by atoms with van der Waals surface area (Å²) in [6, 6.07) is 39.9. The molecule has 0 amide bonds. The van der Waals surface area contributed by atoms with Crippen molar-refractivity contribution in [2.24, 2.45) is 0 Å². The van der Waals surface area contributed by atoms with Gasteiger partial charge in [0.15, 0.2) is 0 Å². The fraction of sp³-hybridized carbons (Fsp3) is 0.265. The summed E-state index contributed by atoms with van der Waals surface area (Å²) in [4.78, 5) is 14.9. The van der Waals surface area contributed by atoms with Gasteiger partial charge in [-0.05, 0) is 22.3 Å². The largest absolute Gasteiger partial charge is 0.375 e. The highest BCUT2D eigenvalue weighted by Crippen LogP contribution is 2.32. The first-order chi connectivity index (χ1) is 19.3. The lowest BCUT2D eigenvalue weighted by atomic mass is 10.1. The van der Waals surface area contributed by atoms with E-state index in [2.05, 4.69) is 41.3 Å². The van der Waals surface area contributed by atoms with E-state index in [1.54, 1.807) is 0 Å². The van der Waals surface area contributed by atoms with E-state index in [0.717, 1.165) is 28.5 Å². The average Bonchev–Trinajstić information content (AvgIpc) is 3.27. The number of aldehydes is 1. The van der Waals surface area contributed by atoms with Crippen LogP contribution in [0.15, 0.2) is 121 Å². The standard InChI is InChI=1S/C34H35NO4/c36-22-31-33(38-24-29-17-9-3-10-18-29)34(39-25-30-19-11-4-12-20-30)32(26-37-23-28-15-7-2-8-16-28)35(31)21-27-13-5-1-6-14-27/h1-20,22,31-34H,21,23-26H2/t31-,32-,33-,34-/m1/s1. The van der Waals surface area contributed by atoms with E-state index in [9.17, 15) is 4.79 Å². The minimum atomic E-state index is -0.472. The lowest BCUT2D eigenvalue weighted by molar-refractivity contribution is -0.119. The third-order valence-corrected chi connectivity index (χ3v) is 7.17. The highest BCUT2D eigenvalue weighted by molar-refractivity contribution is 5.60. The summed E-state index contributed by atoms with van der Waals surface area (Å²) < 4.78 is 19.4. The van der Waals surface area contributed by atoms with Crippen molar-refractivity contribution in [3.63, 3.8) is 0 Å². The third-order valence-electron chi connectivity index (χ3n) is 7.17. The molecule has 1 aliphatic heterocycles. The van der Waals surface area contributed by atoms with Gasteiger partial charge in [0.05, 0.1) is 38.5 Å². The highest BCUT2D eigenvalue weighted by Gasteiger charge is 2.50. The van der Waals surface area contributed by atoms with E-state index >= 15 is 0 Å². The van der Waals surface area contributed by atoms with E-state index in [1.165, 1.54) is 0 Å². The first kappa shape index (κ1) is 27.0. The number of hydrogen-bond donors (Lipinski definition) is 0. The van der Waals surface area contributed by atoms with Crippen LogP contribution in [0.4, 0.5) is 0 Å². The van der Waals surface area contributed by atoms with E-state index in [4.69, 9.17) is 14.2 Å². The molecule has 5 rings (SSSR count). The molecule has 4 atom stereocenters. The number of benzene rings is 4. The Morgan fingerprint density at radius 2 is 1.00 bits per heavy atom. The van der Waals surface area contributed by atoms with Crippen molar-refractivity contribution < 1.29 is 19.0 Å². The molecule has 1 fully saturated rings. The lowest BCUT2D eigenvalue weighted by Gasteiger charge is -2.29. The van der Waals surface area contributed by atoms with Gasteiger partial charge in [0.1, 0.15) is 18.5 Å². The van der Waals surface area contributed by atoms with Gasteiger partial charge >= 0.3 is 0 Å². The highest BCUT2D eigenvalue weighted by atomic mass is 16.5. The Morgan fingerprint density at radius 3 is 1.49 bits per heavy atom. The van der Waals surface area contributed by atoms with E-state index in [1.807, 2.05) is 84.9 Å². The van der Waals surface area contributed by atoms with Crippen LogP contribution in [0.1, 0.15) is 22.3 Å². The lowest BCUT2D eigenvalue weighted by Crippen LogP contribution is -2.42. The first-order valence-corrected chi connectivity index (χ1v) is 13.5. The maximum atomic E-state index is 12.7. The van der Waals surface area contributed by atoms with Crippen LogP contribution >= 0.6 is 0 Å². The molecular weight excluding hydrogens is 486 g/mol. The Morgan fingerprint density at radius 1 is 0.564 bits per heavy atom. The average molecular weight is 522 g/mol. The summed E-state index contributed by atoms with van der Waals surface area (Å²) in [5, 5.41) is 0. The number of ether oxygens (including phenoxy) is 3. The SMILES string of the molecule is O=C[C@@H]1[C@@H](OCc2ccccc2)[C@H](OCc2ccccc2)[C@@H](COCc2ccccc2)N1Cc1ccccc1. The monoisotopic (exact) mass is 521 g/mol. The molecule has 0 saturated carbocycles. The second-order valence-corrected chi connectivity index (χ2v) is 9.88. The maximum absolute atomic E-state index is 12.7. The zero-order valence-electron chi connectivity index (χ0n) is 22.0. The van der Waals surface area contributed by atoms with E-state index in [-0.39, 0.29) is 12.1 Å². The molecule has 0 radical (unpaired) electrons. The molecule has 200 valence electrons. The number of hydrogen-bond acceptors (Lipinski definition) is 5. The second-order valence-electron chi connectivity index (χ2n) is 9.88. The molecule has 1 aliphatic rings. The molecule has 0 N–H and O–H groups in total. The number of carbonyl (C=O) groups is 1. The quantitative estimate of drug-likeness (QED) is 0.207. The van der Waals surface area contributed by atoms with E-state index in [0.29, 0.717) is 33.0 Å². The van der Waals surface area contributed by atoms with Crippen LogP contribution < -0.4 is 0 Å². The fourth-order valence-corrected chi connectivity index (χ4v) is 5.18. The van der Waals surface area contributed by atoms with Gasteiger partial charge in [-0.25, -0.2) is 0 Å². The van der Waals surface area contributed by atoms with Gasteiger partial charge < -0.3 is 19.0 Å². The Bertz CT molecular complexity index is 1250. The van der Waals surface area contributed by atoms with Crippen molar-refractivity contribution in [2.75, 3.05) is 6.61 Å². The van der Waals surface area contributed by atoms with Crippen molar-refractivity contribution >= 4 is 6.29 Å². The minimum absolute atomic E-state index is 0.173. The minimum Gasteiger partial charge on any atom is -0.375 e. The predicted octanol–water partition coefficient (Wildman–Crippen LogP) is 5.83. The van der Waals surface area contributed by atoms with Gasteiger partial charge in [-0.15, -0.1) is 0 Å². The zero-order chi connectivity index (χ0) is 26.7. The summed E-state index contributed by atoms with van der Waals surface area (Å²) in [6.07, 6.45) is 0.207. The Kier molecular flexibility index (Phi) is 9.66. The normalized spacial score (nSPS) is 21.1. The second kappa shape index (κ2) is 14.0. The molecule has 5 nitrogen and oxygen atoms in total. The predicted molar refractivity (Wildman–Crippen MR) is 152 cm³/mol. The van der Waals surface area contributed by atoms with Crippen molar-refractivity contribution in [3.8, 4) is 0 Å². The van der Waals surface area contributed by atoms with Crippen molar-refractivity contribution in [1.29, 1.82) is 0 Å². The van der Waals surface area contributed by atoms with Crippen LogP contribution in [0.3, 0.4) is 0 Å². The Balaban J connectivity index is 1.41. The molecular formula is C34H35NO4. The molecule has 1 saturated heterocycles. The van der Waals surface area contributed by atoms with Crippen molar-refractivity contribution in [3.05, 3.63) is 144 Å². The van der Waals surface area contributed by atoms with Crippen LogP contribution in [-0.2, 0) is 45.4 Å². The molecule has 1 heterocycles. The van der Waals surface area contributed by atoms with Crippen LogP contribution in [0, 0.1) is 0 Å². The van der Waals surface area contributed by atoms with Gasteiger partial charge in [0.2, 0.25) is 0 Å². The molecule has 0 aliphatic carbocycles. The Labute approximate surface area is 231 Å². The maximum Gasteiger partial charge on any atom is 0.139 e. The van der Waals surface area contributed by atoms with Crippen molar-refractivity contribution in [1.82, 2.24) is 4.90 Å². The first-order valence-electron chi connectivity index (χ1n) is 13.5. The number of likely N-dealkylation sites (tertiary alicyclic amines) is 1. The van der Waals surface area contributed by atoms with Crippen molar-refractivity contribution in [2.45, 2.75) is 50.7 Å². The zero-order valence-corrected chi connectivity index (χ0v) is 22.0. The van der Waals surface area contributed by atoms with Crippen LogP contribution in [0.25, 0.3) is 0 Å². The molecule has 39 heavy (non-hydrogen) atoms. The molecule has 0 bridgehead atoms. The van der Waals surface area contributed by atoms with Gasteiger partial charge in [0, 0.05) is 6.54 Å². The summed E-state index contributed by atoms with van der Waals surface area (Å²) in [5.74, 6) is 0. The molecule has 5 heteroatoms. The number of rotatable bonds is 13. The van der Waals surface area contributed by atoms with Gasteiger partial charge in [-0.3, -0.25) is 4.90 Å². The van der Waals surface area contributed by atoms with Gasteiger partial charge in [-0.1, -0.05) is 121 Å². The summed E-state index contributed by atoms with van der Waals surface area (Å²) in [5.41, 5.74) is 4.37. The van der Waals surface area contributed by atoms with Gasteiger partial charge in [-0.2, -0.15) is 0 Å². The number of nitrogens with zero attached hydrogens (tertiary/aromatic N) is 1. The molecule has 0 aromatic heterocycles. The van der Waals surface area contributed by atoms with Crippen LogP contribution in [0.5, 0.6) is 0 Å². The summed E-state index contributed by atoms with van der Waals surface area (Å²) in [7, 11) is 0. The van der Waals surface area contributed by atoms with Crippen LogP contribution in [-0.4, -0.2) is 42.1 Å². The molecule has 4 aromatic rings. The molecule has 0 unspecified atom stereocenters. The summed E-state index contributed by atoms with van der Waals surface area (Å²) in [6.45, 7) is 2.33. The van der Waals surface area contributed by atoms with Crippen LogP contribution in [0.2, 0.25) is 0 Å². The van der Waals surface area contributed by atoms with Gasteiger partial charge in [0.25, 0.3) is 0 Å². The smallest absolute Gasteiger partial charge is 0.139 e. The van der Waals surface area contributed by atoms with E-state index < -0.39 is 12.1 Å². The summed E-state index contributed by atoms with van der Waals surface area (Å²) >= 11 is 0. The Hall–Kier alpha value is -3.61. The number of carbonyl (C=O) groups excluding carboxylic acids is 1. The topological polar surface area (TPSA) is 48.0 Å². The molecule has 0 spiro atoms. The third kappa shape index (κ3) is 7.28. The molecule has 4 aromatic carbocycles. The fourth-order valence-electron chi connectivity index (χ4n) is 5.18.